The van der Waals surface area contributed by atoms with Gasteiger partial charge in [0.15, 0.2) is 23.0 Å². The van der Waals surface area contributed by atoms with Gasteiger partial charge in [0.2, 0.25) is 0 Å². The van der Waals surface area contributed by atoms with Gasteiger partial charge < -0.3 is 44.0 Å². The van der Waals surface area contributed by atoms with Crippen molar-refractivity contribution in [2.45, 2.75) is 89.6 Å². The standard InChI is InChI=1S/C47H63N5O10Si2/c1-10-13-32-22-38-46(55)51(30-59-18-20-63(4,5)6)36-26-42(40(57-2)24-34(36)44(53)49(38)28-32)61-16-12-17-62-43-27-37-35(25-41(43)58-3)45(54)50-29-33(14-11-15-48)23-39(50)47(56)52(37)31-60-19-21-64(7,8)9/h10,13,24-29,38-39H,12,15-23,30-31,48H2,1-9H3/b13-10+/t38-,39-/m0/s1. The van der Waals surface area contributed by atoms with Crippen LogP contribution in [0, 0.1) is 11.8 Å². The summed E-state index contributed by atoms with van der Waals surface area (Å²) in [4.78, 5) is 62.7. The largest absolute Gasteiger partial charge is 0.493 e. The van der Waals surface area contributed by atoms with Gasteiger partial charge in [-0.1, -0.05) is 63.3 Å². The van der Waals surface area contributed by atoms with Crippen LogP contribution in [0.15, 0.2) is 60.0 Å². The monoisotopic (exact) mass is 913 g/mol. The minimum Gasteiger partial charge on any atom is -0.493 e. The Morgan fingerprint density at radius 2 is 1.17 bits per heavy atom. The molecule has 15 nitrogen and oxygen atoms in total. The van der Waals surface area contributed by atoms with Crippen molar-refractivity contribution in [1.82, 2.24) is 9.80 Å². The number of nitrogens with two attached hydrogens (primary N) is 1. The molecule has 2 aromatic rings. The molecule has 0 saturated carbocycles. The molecular weight excluding hydrogens is 851 g/mol. The number of anilines is 2. The zero-order valence-electron chi connectivity index (χ0n) is 38.7. The molecule has 0 aliphatic carbocycles. The Kier molecular flexibility index (Phi) is 15.5. The number of rotatable bonds is 19. The van der Waals surface area contributed by atoms with Crippen molar-refractivity contribution < 1.29 is 47.6 Å². The quantitative estimate of drug-likeness (QED) is 0.0918. The molecule has 0 bridgehead atoms. The Labute approximate surface area is 379 Å². The van der Waals surface area contributed by atoms with Crippen LogP contribution in [0.5, 0.6) is 23.0 Å². The number of hydrogen-bond donors (Lipinski definition) is 1. The smallest absolute Gasteiger partial charge is 0.260 e. The molecule has 0 radical (unpaired) electrons. The summed E-state index contributed by atoms with van der Waals surface area (Å²) in [6, 6.07) is 6.86. The van der Waals surface area contributed by atoms with Crippen LogP contribution in [0.2, 0.25) is 51.4 Å². The molecule has 64 heavy (non-hydrogen) atoms. The van der Waals surface area contributed by atoms with Crippen molar-refractivity contribution in [3.05, 3.63) is 71.1 Å². The molecule has 0 fully saturated rings. The predicted octanol–water partition coefficient (Wildman–Crippen LogP) is 6.60. The number of amides is 4. The SMILES string of the molecule is C/C=C/C1=CN2C(=O)c3cc(OC)c(OCCCOc4cc5c(cc4OC)C(=O)N4C=C(C#CCN)C[C@H]4C(=O)N5COCC[Si](C)(C)C)cc3N(COCC[Si](C)(C)C)C(=O)[C@@H]2C1. The third-order valence-electron chi connectivity index (χ3n) is 11.3. The van der Waals surface area contributed by atoms with E-state index in [0.717, 1.165) is 17.7 Å². The van der Waals surface area contributed by atoms with E-state index in [2.05, 4.69) is 51.1 Å². The first-order chi connectivity index (χ1) is 30.5. The Hall–Kier alpha value is -5.39. The number of nitrogens with zero attached hydrogens (tertiary/aromatic N) is 4. The van der Waals surface area contributed by atoms with E-state index in [4.69, 9.17) is 34.2 Å². The fourth-order valence-corrected chi connectivity index (χ4v) is 9.23. The second-order valence-corrected chi connectivity index (χ2v) is 29.8. The summed E-state index contributed by atoms with van der Waals surface area (Å²) in [5.41, 5.74) is 8.44. The van der Waals surface area contributed by atoms with Crippen LogP contribution in [0.4, 0.5) is 11.4 Å². The predicted molar refractivity (Wildman–Crippen MR) is 251 cm³/mol. The lowest BCUT2D eigenvalue weighted by Gasteiger charge is -2.27. The Bertz CT molecular complexity index is 2270. The molecule has 4 amide bonds. The first-order valence-corrected chi connectivity index (χ1v) is 29.3. The van der Waals surface area contributed by atoms with Crippen molar-refractivity contribution in [2.24, 2.45) is 5.73 Å². The van der Waals surface area contributed by atoms with E-state index in [1.165, 1.54) is 28.9 Å². The van der Waals surface area contributed by atoms with Gasteiger partial charge in [0.1, 0.15) is 25.5 Å². The Morgan fingerprint density at radius 1 is 0.688 bits per heavy atom. The molecule has 2 atom stereocenters. The summed E-state index contributed by atoms with van der Waals surface area (Å²) in [6.07, 6.45) is 8.22. The molecule has 6 rings (SSSR count). The van der Waals surface area contributed by atoms with Crippen LogP contribution in [0.25, 0.3) is 0 Å². The third kappa shape index (κ3) is 11.1. The van der Waals surface area contributed by atoms with Gasteiger partial charge in [0.05, 0.1) is 56.5 Å². The molecule has 0 unspecified atom stereocenters. The normalized spacial score (nSPS) is 18.5. The van der Waals surface area contributed by atoms with Gasteiger partial charge >= 0.3 is 0 Å². The van der Waals surface area contributed by atoms with Crippen molar-refractivity contribution in [1.29, 1.82) is 0 Å². The van der Waals surface area contributed by atoms with Crippen LogP contribution in [-0.4, -0.2) is 122 Å². The number of fused-ring (bicyclic) bond motifs is 4. The van der Waals surface area contributed by atoms with E-state index in [-0.39, 0.29) is 68.8 Å². The highest BCUT2D eigenvalue weighted by atomic mass is 28.3. The zero-order chi connectivity index (χ0) is 46.3. The van der Waals surface area contributed by atoms with Crippen molar-refractivity contribution in [3.8, 4) is 34.8 Å². The Balaban J connectivity index is 1.21. The molecule has 0 saturated heterocycles. The summed E-state index contributed by atoms with van der Waals surface area (Å²) in [6.45, 7) is 16.9. The summed E-state index contributed by atoms with van der Waals surface area (Å²) >= 11 is 0. The van der Waals surface area contributed by atoms with Gasteiger partial charge in [-0.3, -0.25) is 29.0 Å². The lowest BCUT2D eigenvalue weighted by molar-refractivity contribution is -0.123. The molecule has 4 aliphatic rings. The first-order valence-electron chi connectivity index (χ1n) is 21.8. The fourth-order valence-electron chi connectivity index (χ4n) is 7.71. The molecule has 4 aliphatic heterocycles. The molecule has 2 N–H and O–H groups in total. The summed E-state index contributed by atoms with van der Waals surface area (Å²) < 4.78 is 36.2. The topological polar surface area (TPSA) is 163 Å². The third-order valence-corrected chi connectivity index (χ3v) is 14.7. The van der Waals surface area contributed by atoms with Gasteiger partial charge in [-0.15, -0.1) is 0 Å². The average molecular weight is 914 g/mol. The van der Waals surface area contributed by atoms with Crippen LogP contribution >= 0.6 is 0 Å². The number of methoxy groups -OCH3 is 2. The van der Waals surface area contributed by atoms with Crippen LogP contribution < -0.4 is 34.5 Å². The highest BCUT2D eigenvalue weighted by molar-refractivity contribution is 6.76. The van der Waals surface area contributed by atoms with Gasteiger partial charge in [0.25, 0.3) is 23.6 Å². The number of carbonyl (C=O) groups excluding carboxylic acids is 4. The molecule has 4 heterocycles. The van der Waals surface area contributed by atoms with E-state index in [1.54, 1.807) is 41.6 Å². The van der Waals surface area contributed by atoms with Gasteiger partial charge in [-0.25, -0.2) is 0 Å². The molecular formula is C47H63N5O10Si2. The summed E-state index contributed by atoms with van der Waals surface area (Å²) in [5, 5.41) is 0. The molecule has 0 spiro atoms. The lowest BCUT2D eigenvalue weighted by atomic mass is 10.1. The molecule has 17 heteroatoms. The number of ether oxygens (including phenoxy) is 6. The maximum absolute atomic E-state index is 14.3. The van der Waals surface area contributed by atoms with E-state index in [1.807, 2.05) is 19.1 Å². The number of carbonyl (C=O) groups is 4. The second-order valence-electron chi connectivity index (χ2n) is 18.5. The van der Waals surface area contributed by atoms with E-state index in [0.29, 0.717) is 71.6 Å². The van der Waals surface area contributed by atoms with Gasteiger partial charge in [-0.05, 0) is 36.7 Å². The lowest BCUT2D eigenvalue weighted by Crippen LogP contribution is -2.45. The highest BCUT2D eigenvalue weighted by Gasteiger charge is 2.44. The van der Waals surface area contributed by atoms with Gasteiger partial charge in [0, 0.05) is 78.7 Å². The highest BCUT2D eigenvalue weighted by Crippen LogP contribution is 2.42. The molecule has 0 aromatic heterocycles. The van der Waals surface area contributed by atoms with Gasteiger partial charge in [-0.2, -0.15) is 0 Å². The number of hydrogen-bond acceptors (Lipinski definition) is 11. The minimum atomic E-state index is -1.42. The van der Waals surface area contributed by atoms with Crippen molar-refractivity contribution in [2.75, 3.05) is 70.5 Å². The maximum Gasteiger partial charge on any atom is 0.260 e. The minimum absolute atomic E-state index is 0.0196. The van der Waals surface area contributed by atoms with E-state index >= 15 is 0 Å². The van der Waals surface area contributed by atoms with Crippen LogP contribution in [-0.2, 0) is 19.1 Å². The van der Waals surface area contributed by atoms with Crippen LogP contribution in [0.3, 0.4) is 0 Å². The maximum atomic E-state index is 14.3. The number of benzene rings is 2. The summed E-state index contributed by atoms with van der Waals surface area (Å²) in [5.74, 6) is 5.91. The zero-order valence-corrected chi connectivity index (χ0v) is 40.7. The second kappa shape index (κ2) is 20.6. The summed E-state index contributed by atoms with van der Waals surface area (Å²) in [7, 11) is 0.160. The van der Waals surface area contributed by atoms with E-state index < -0.39 is 28.2 Å². The molecule has 2 aromatic carbocycles. The molecule has 344 valence electrons. The fraction of sp³-hybridized carbons (Fsp3) is 0.489. The first kappa shape index (κ1) is 48.1. The van der Waals surface area contributed by atoms with E-state index in [9.17, 15) is 19.2 Å². The van der Waals surface area contributed by atoms with Crippen LogP contribution in [0.1, 0.15) is 46.9 Å². The Morgan fingerprint density at radius 3 is 1.62 bits per heavy atom. The number of allylic oxidation sites excluding steroid dienone is 2. The average Bonchev–Trinajstić information content (AvgIpc) is 3.85. The van der Waals surface area contributed by atoms with Crippen molar-refractivity contribution >= 4 is 51.2 Å². The van der Waals surface area contributed by atoms with Crippen molar-refractivity contribution in [3.63, 3.8) is 0 Å².